The van der Waals surface area contributed by atoms with Crippen molar-refractivity contribution in [2.45, 2.75) is 27.7 Å². The molecule has 23 aromatic rings. The summed E-state index contributed by atoms with van der Waals surface area (Å²) < 4.78 is 0. The molecule has 0 aliphatic heterocycles. The zero-order valence-electron chi connectivity index (χ0n) is 82.2. The van der Waals surface area contributed by atoms with Crippen LogP contribution in [0.5, 0.6) is 0 Å². The molecule has 0 aliphatic carbocycles. The highest BCUT2D eigenvalue weighted by atomic mass is 15.2. The summed E-state index contributed by atoms with van der Waals surface area (Å²) in [7, 11) is 0. The molecule has 0 spiro atoms. The van der Waals surface area contributed by atoms with E-state index in [-0.39, 0.29) is 0 Å². The van der Waals surface area contributed by atoms with E-state index >= 15 is 0 Å². The van der Waals surface area contributed by atoms with Crippen LogP contribution in [0.4, 0.5) is 68.2 Å². The molecular weight excluding hydrogens is 1760 g/mol. The van der Waals surface area contributed by atoms with Crippen LogP contribution in [-0.4, -0.2) is 0 Å². The lowest BCUT2D eigenvalue weighted by atomic mass is 9.96. The van der Waals surface area contributed by atoms with Crippen LogP contribution in [0.3, 0.4) is 0 Å². The Balaban J connectivity index is 0.000000167. The minimum Gasteiger partial charge on any atom is -0.311 e. The standard InChI is InChI=1S/C74H56N2.C68H52N2/c1-53-49-54(2)51-68(50-53)65-23-21-63(22-24-65)66-19-12-20-67(52-66)64-35-47-74(48-36-64)76(71-41-29-60(30-42-71)57-17-10-5-11-18-57)73-45-33-62(34-46-73)61-31-43-72(44-32-61)75(69-37-25-58(26-38-69)55-13-6-3-7-14-55)70-39-27-59(28-40-70)56-15-8-4-9-16-56;1-49-45-50(2)47-62(46-49)61-20-12-19-60(48-61)59-31-43-68(44-32-59)70(65-37-25-56(26-38-65)53-17-10-5-11-18-53)67-41-29-58(30-42-67)57-27-39-66(40-28-57)69(63-33-21-54(22-34-63)51-13-6-3-7-14-51)64-35-23-55(24-36-64)52-15-8-4-9-16-52/h3-52H,1-2H3;3-48H,1-2H3. The maximum absolute atomic E-state index is 2.35. The molecule has 4 heteroatoms. The van der Waals surface area contributed by atoms with Gasteiger partial charge in [0.15, 0.2) is 0 Å². The monoisotopic (exact) mass is 1870 g/mol. The first kappa shape index (κ1) is 92.3. The summed E-state index contributed by atoms with van der Waals surface area (Å²) in [6.45, 7) is 8.66. The van der Waals surface area contributed by atoms with Gasteiger partial charge in [0.25, 0.3) is 0 Å². The first-order valence-electron chi connectivity index (χ1n) is 50.2. The molecule has 0 atom stereocenters. The summed E-state index contributed by atoms with van der Waals surface area (Å²) in [5.41, 5.74) is 49.2. The Morgan fingerprint density at radius 1 is 0.0822 bits per heavy atom. The number of anilines is 12. The lowest BCUT2D eigenvalue weighted by Gasteiger charge is -2.27. The van der Waals surface area contributed by atoms with Crippen molar-refractivity contribution in [3.8, 4) is 145 Å². The van der Waals surface area contributed by atoms with Crippen molar-refractivity contribution in [3.63, 3.8) is 0 Å². The van der Waals surface area contributed by atoms with Crippen LogP contribution >= 0.6 is 0 Å². The van der Waals surface area contributed by atoms with Crippen LogP contribution < -0.4 is 19.6 Å². The predicted octanol–water partition coefficient (Wildman–Crippen LogP) is 40.2. The summed E-state index contributed by atoms with van der Waals surface area (Å²) in [5.74, 6) is 0. The third kappa shape index (κ3) is 21.0. The highest BCUT2D eigenvalue weighted by molar-refractivity contribution is 5.89. The van der Waals surface area contributed by atoms with Gasteiger partial charge in [0.2, 0.25) is 0 Å². The fourth-order valence-electron chi connectivity index (χ4n) is 20.1. The molecule has 23 aromatic carbocycles. The third-order valence-corrected chi connectivity index (χ3v) is 27.5. The number of hydrogen-bond acceptors (Lipinski definition) is 4. The quantitative estimate of drug-likeness (QED) is 0.0565. The normalized spacial score (nSPS) is 11.0. The third-order valence-electron chi connectivity index (χ3n) is 27.5. The Morgan fingerprint density at radius 3 is 0.336 bits per heavy atom. The number of nitrogens with zero attached hydrogens (tertiary/aromatic N) is 4. The molecule has 0 saturated carbocycles. The van der Waals surface area contributed by atoms with E-state index in [2.05, 4.69) is 630 Å². The minimum absolute atomic E-state index is 1.08. The largest absolute Gasteiger partial charge is 0.311 e. The zero-order valence-corrected chi connectivity index (χ0v) is 82.2. The lowest BCUT2D eigenvalue weighted by molar-refractivity contribution is 1.28. The smallest absolute Gasteiger partial charge is 0.0462 e. The van der Waals surface area contributed by atoms with Crippen molar-refractivity contribution in [3.05, 3.63) is 605 Å². The van der Waals surface area contributed by atoms with Gasteiger partial charge in [-0.3, -0.25) is 0 Å². The summed E-state index contributed by atoms with van der Waals surface area (Å²) in [5, 5.41) is 0. The van der Waals surface area contributed by atoms with Gasteiger partial charge >= 0.3 is 0 Å². The van der Waals surface area contributed by atoms with Crippen molar-refractivity contribution in [2.24, 2.45) is 0 Å². The van der Waals surface area contributed by atoms with Gasteiger partial charge in [0.1, 0.15) is 0 Å². The molecule has 146 heavy (non-hydrogen) atoms. The topological polar surface area (TPSA) is 13.0 Å². The summed E-state index contributed by atoms with van der Waals surface area (Å²) in [6, 6.07) is 211. The van der Waals surface area contributed by atoms with Crippen LogP contribution in [0.1, 0.15) is 22.3 Å². The highest BCUT2D eigenvalue weighted by Crippen LogP contribution is 2.46. The molecule has 0 saturated heterocycles. The molecule has 23 rings (SSSR count). The van der Waals surface area contributed by atoms with Crippen LogP contribution in [0.2, 0.25) is 0 Å². The van der Waals surface area contributed by atoms with E-state index < -0.39 is 0 Å². The fraction of sp³-hybridized carbons (Fsp3) is 0.0282. The summed E-state index contributed by atoms with van der Waals surface area (Å²) in [4.78, 5) is 9.38. The lowest BCUT2D eigenvalue weighted by Crippen LogP contribution is -2.10. The second-order valence-corrected chi connectivity index (χ2v) is 37.6. The first-order chi connectivity index (χ1) is 71.9. The van der Waals surface area contributed by atoms with E-state index in [0.29, 0.717) is 0 Å². The zero-order chi connectivity index (χ0) is 98.4. The van der Waals surface area contributed by atoms with Crippen molar-refractivity contribution >= 4 is 68.2 Å². The molecule has 0 amide bonds. The van der Waals surface area contributed by atoms with Crippen molar-refractivity contribution < 1.29 is 0 Å². The van der Waals surface area contributed by atoms with Gasteiger partial charge in [0, 0.05) is 68.2 Å². The van der Waals surface area contributed by atoms with Gasteiger partial charge in [-0.15, -0.1) is 0 Å². The van der Waals surface area contributed by atoms with E-state index in [0.717, 1.165) is 90.5 Å². The van der Waals surface area contributed by atoms with Gasteiger partial charge in [-0.05, 0) is 330 Å². The number of benzene rings is 23. The van der Waals surface area contributed by atoms with Crippen molar-refractivity contribution in [1.82, 2.24) is 0 Å². The molecule has 0 bridgehead atoms. The number of aryl methyl sites for hydroxylation is 4. The predicted molar refractivity (Wildman–Crippen MR) is 621 cm³/mol. The van der Waals surface area contributed by atoms with Gasteiger partial charge in [-0.2, -0.15) is 0 Å². The first-order valence-corrected chi connectivity index (χ1v) is 50.2. The van der Waals surface area contributed by atoms with Crippen LogP contribution in [0, 0.1) is 27.7 Å². The molecule has 0 aromatic heterocycles. The van der Waals surface area contributed by atoms with E-state index in [1.54, 1.807) is 0 Å². The maximum Gasteiger partial charge on any atom is 0.0462 e. The summed E-state index contributed by atoms with van der Waals surface area (Å²) >= 11 is 0. The Morgan fingerprint density at radius 2 is 0.185 bits per heavy atom. The van der Waals surface area contributed by atoms with E-state index in [9.17, 15) is 0 Å². The maximum atomic E-state index is 2.35. The van der Waals surface area contributed by atoms with Crippen LogP contribution in [-0.2, 0) is 0 Å². The minimum atomic E-state index is 1.08. The Bertz CT molecular complexity index is 8120. The molecule has 0 heterocycles. The van der Waals surface area contributed by atoms with E-state index in [4.69, 9.17) is 0 Å². The fourth-order valence-corrected chi connectivity index (χ4v) is 20.1. The van der Waals surface area contributed by atoms with Crippen molar-refractivity contribution in [2.75, 3.05) is 19.6 Å². The van der Waals surface area contributed by atoms with Gasteiger partial charge in [0.05, 0.1) is 0 Å². The van der Waals surface area contributed by atoms with Crippen LogP contribution in [0.25, 0.3) is 145 Å². The van der Waals surface area contributed by atoms with E-state index in [1.807, 2.05) is 0 Å². The van der Waals surface area contributed by atoms with E-state index in [1.165, 1.54) is 145 Å². The average molecular weight is 1870 g/mol. The van der Waals surface area contributed by atoms with Gasteiger partial charge < -0.3 is 19.6 Å². The highest BCUT2D eigenvalue weighted by Gasteiger charge is 2.22. The molecule has 0 N–H and O–H groups in total. The molecule has 0 unspecified atom stereocenters. The number of rotatable bonds is 25. The van der Waals surface area contributed by atoms with Gasteiger partial charge in [-0.1, -0.05) is 447 Å². The average Bonchev–Trinajstić information content (AvgIpc) is 0.790. The molecule has 0 fully saturated rings. The Hall–Kier alpha value is -18.7. The molecule has 0 radical (unpaired) electrons. The Labute approximate surface area is 858 Å². The van der Waals surface area contributed by atoms with Crippen molar-refractivity contribution in [1.29, 1.82) is 0 Å². The molecule has 4 nitrogen and oxygen atoms in total. The van der Waals surface area contributed by atoms with Crippen LogP contribution in [0.15, 0.2) is 582 Å². The second-order valence-electron chi connectivity index (χ2n) is 37.6. The number of hydrogen-bond donors (Lipinski definition) is 0. The Kier molecular flexibility index (Phi) is 27.0. The second kappa shape index (κ2) is 42.8. The molecular formula is C142H108N4. The van der Waals surface area contributed by atoms with Gasteiger partial charge in [-0.25, -0.2) is 0 Å². The SMILES string of the molecule is Cc1cc(C)cc(-c2ccc(-c3cccc(-c4ccc(N(c5ccc(-c6ccccc6)cc5)c5ccc(-c6ccc(N(c7ccc(-c8ccccc8)cc7)c7ccc(-c8ccccc8)cc7)cc6)cc5)cc4)c3)cc2)c1.Cc1cc(C)cc(-c2cccc(-c3ccc(N(c4ccc(-c5ccccc5)cc4)c4ccc(-c5ccc(N(c6ccc(-c7ccccc7)cc6)c6ccc(-c7ccccc7)cc6)cc5)cc4)cc3)c2)c1. The molecule has 696 valence electrons. The molecule has 0 aliphatic rings. The summed E-state index contributed by atoms with van der Waals surface area (Å²) in [6.07, 6.45) is 0.